The molecule has 1 saturated carbocycles. The fourth-order valence-corrected chi connectivity index (χ4v) is 2.75. The quantitative estimate of drug-likeness (QED) is 0.695. The minimum absolute atomic E-state index is 0.0654. The molecule has 1 saturated heterocycles. The van der Waals surface area contributed by atoms with Gasteiger partial charge in [0.25, 0.3) is 0 Å². The Balaban J connectivity index is 1.94. The van der Waals surface area contributed by atoms with Crippen LogP contribution < -0.4 is 5.32 Å². The van der Waals surface area contributed by atoms with E-state index in [0.29, 0.717) is 5.92 Å². The Morgan fingerprint density at radius 2 is 1.93 bits per heavy atom. The van der Waals surface area contributed by atoms with Crippen molar-refractivity contribution >= 4 is 5.91 Å². The molecule has 2 atom stereocenters. The van der Waals surface area contributed by atoms with Gasteiger partial charge in [0.15, 0.2) is 0 Å². The summed E-state index contributed by atoms with van der Waals surface area (Å²) in [6.07, 6.45) is 6.13. The molecule has 1 aliphatic carbocycles. The molecule has 2 fully saturated rings. The number of aliphatic hydroxyl groups is 1. The number of aliphatic hydroxyl groups excluding tert-OH is 1. The Bertz CT molecular complexity index is 211. The second kappa shape index (κ2) is 4.30. The minimum Gasteiger partial charge on any atom is -0.392 e. The zero-order valence-corrected chi connectivity index (χ0v) is 8.54. The molecule has 1 heterocycles. The summed E-state index contributed by atoms with van der Waals surface area (Å²) in [7, 11) is 0. The Kier molecular flexibility index (Phi) is 3.06. The molecule has 14 heavy (non-hydrogen) atoms. The lowest BCUT2D eigenvalue weighted by atomic mass is 9.84. The third kappa shape index (κ3) is 1.92. The van der Waals surface area contributed by atoms with Crippen LogP contribution in [0.15, 0.2) is 0 Å². The normalized spacial score (nSPS) is 31.5. The van der Waals surface area contributed by atoms with Gasteiger partial charge in [-0.05, 0) is 31.6 Å². The summed E-state index contributed by atoms with van der Waals surface area (Å²) in [5.41, 5.74) is 0. The first kappa shape index (κ1) is 9.97. The summed E-state index contributed by atoms with van der Waals surface area (Å²) in [5.74, 6) is 0.311. The average Bonchev–Trinajstić information content (AvgIpc) is 2.70. The van der Waals surface area contributed by atoms with Gasteiger partial charge in [0.1, 0.15) is 0 Å². The first-order valence-corrected chi connectivity index (χ1v) is 5.75. The molecule has 2 rings (SSSR count). The summed E-state index contributed by atoms with van der Waals surface area (Å²) in [6, 6.07) is 0. The van der Waals surface area contributed by atoms with E-state index in [1.807, 2.05) is 0 Å². The van der Waals surface area contributed by atoms with E-state index in [2.05, 4.69) is 5.32 Å². The van der Waals surface area contributed by atoms with Crippen LogP contribution in [0.1, 0.15) is 38.5 Å². The SMILES string of the molecule is O=C1NCCCC1C(O)C1CCCC1. The Morgan fingerprint density at radius 3 is 2.57 bits per heavy atom. The molecule has 0 spiro atoms. The van der Waals surface area contributed by atoms with Gasteiger partial charge >= 0.3 is 0 Å². The van der Waals surface area contributed by atoms with Crippen molar-refractivity contribution in [2.24, 2.45) is 11.8 Å². The maximum Gasteiger partial charge on any atom is 0.225 e. The van der Waals surface area contributed by atoms with Gasteiger partial charge in [-0.2, -0.15) is 0 Å². The molecular formula is C11H19NO2. The number of nitrogens with one attached hydrogen (secondary N) is 1. The van der Waals surface area contributed by atoms with Gasteiger partial charge < -0.3 is 10.4 Å². The van der Waals surface area contributed by atoms with Gasteiger partial charge in [-0.3, -0.25) is 4.79 Å². The molecule has 1 amide bonds. The van der Waals surface area contributed by atoms with Crippen molar-refractivity contribution in [1.29, 1.82) is 0 Å². The van der Waals surface area contributed by atoms with Crippen molar-refractivity contribution in [2.75, 3.05) is 6.54 Å². The lowest BCUT2D eigenvalue weighted by Gasteiger charge is -2.29. The summed E-state index contributed by atoms with van der Waals surface area (Å²) in [4.78, 5) is 11.5. The first-order chi connectivity index (χ1) is 6.79. The Labute approximate surface area is 84.9 Å². The van der Waals surface area contributed by atoms with Gasteiger partial charge in [-0.25, -0.2) is 0 Å². The fraction of sp³-hybridized carbons (Fsp3) is 0.909. The van der Waals surface area contributed by atoms with Crippen LogP contribution in [-0.4, -0.2) is 23.7 Å². The number of carbonyl (C=O) groups excluding carboxylic acids is 1. The van der Waals surface area contributed by atoms with Crippen molar-refractivity contribution in [2.45, 2.75) is 44.6 Å². The monoisotopic (exact) mass is 197 g/mol. The van der Waals surface area contributed by atoms with Crippen LogP contribution in [0.25, 0.3) is 0 Å². The molecule has 0 aromatic rings. The Morgan fingerprint density at radius 1 is 1.21 bits per heavy atom. The lowest BCUT2D eigenvalue weighted by Crippen LogP contribution is -2.44. The maximum atomic E-state index is 11.5. The molecular weight excluding hydrogens is 178 g/mol. The predicted octanol–water partition coefficient (Wildman–Crippen LogP) is 1.06. The number of hydrogen-bond acceptors (Lipinski definition) is 2. The van der Waals surface area contributed by atoms with Gasteiger partial charge in [0.05, 0.1) is 12.0 Å². The van der Waals surface area contributed by atoms with Gasteiger partial charge in [-0.1, -0.05) is 12.8 Å². The Hall–Kier alpha value is -0.570. The van der Waals surface area contributed by atoms with Crippen LogP contribution in [-0.2, 0) is 4.79 Å². The summed E-state index contributed by atoms with van der Waals surface area (Å²) < 4.78 is 0. The van der Waals surface area contributed by atoms with Crippen LogP contribution in [0.2, 0.25) is 0 Å². The predicted molar refractivity (Wildman–Crippen MR) is 53.7 cm³/mol. The average molecular weight is 197 g/mol. The molecule has 0 aromatic heterocycles. The third-order valence-corrected chi connectivity index (χ3v) is 3.62. The number of carbonyl (C=O) groups is 1. The number of amides is 1. The zero-order chi connectivity index (χ0) is 9.97. The lowest BCUT2D eigenvalue weighted by molar-refractivity contribution is -0.132. The molecule has 0 aromatic carbocycles. The van der Waals surface area contributed by atoms with E-state index in [9.17, 15) is 9.90 Å². The van der Waals surface area contributed by atoms with Gasteiger partial charge in [-0.15, -0.1) is 0 Å². The van der Waals surface area contributed by atoms with Crippen molar-refractivity contribution in [3.05, 3.63) is 0 Å². The van der Waals surface area contributed by atoms with Gasteiger partial charge in [0.2, 0.25) is 5.91 Å². The highest BCUT2D eigenvalue weighted by Crippen LogP contribution is 2.32. The van der Waals surface area contributed by atoms with Crippen LogP contribution in [0.5, 0.6) is 0 Å². The minimum atomic E-state index is -0.391. The highest BCUT2D eigenvalue weighted by molar-refractivity contribution is 5.79. The zero-order valence-electron chi connectivity index (χ0n) is 8.54. The third-order valence-electron chi connectivity index (χ3n) is 3.62. The number of hydrogen-bond donors (Lipinski definition) is 2. The van der Waals surface area contributed by atoms with Crippen molar-refractivity contribution in [3.8, 4) is 0 Å². The maximum absolute atomic E-state index is 11.5. The largest absolute Gasteiger partial charge is 0.392 e. The molecule has 2 N–H and O–H groups in total. The van der Waals surface area contributed by atoms with E-state index in [1.165, 1.54) is 12.8 Å². The highest BCUT2D eigenvalue weighted by atomic mass is 16.3. The molecule has 80 valence electrons. The van der Waals surface area contributed by atoms with Gasteiger partial charge in [0, 0.05) is 6.54 Å². The van der Waals surface area contributed by atoms with E-state index >= 15 is 0 Å². The van der Waals surface area contributed by atoms with Crippen LogP contribution in [0, 0.1) is 11.8 Å². The highest BCUT2D eigenvalue weighted by Gasteiger charge is 2.35. The van der Waals surface area contributed by atoms with E-state index in [4.69, 9.17) is 0 Å². The van der Waals surface area contributed by atoms with Crippen LogP contribution in [0.4, 0.5) is 0 Å². The number of rotatable bonds is 2. The van der Waals surface area contributed by atoms with Crippen LogP contribution in [0.3, 0.4) is 0 Å². The molecule has 2 aliphatic rings. The molecule has 0 bridgehead atoms. The van der Waals surface area contributed by atoms with E-state index in [1.54, 1.807) is 0 Å². The smallest absolute Gasteiger partial charge is 0.225 e. The first-order valence-electron chi connectivity index (χ1n) is 5.75. The van der Waals surface area contributed by atoms with E-state index in [-0.39, 0.29) is 11.8 Å². The van der Waals surface area contributed by atoms with Crippen LogP contribution >= 0.6 is 0 Å². The molecule has 3 heteroatoms. The van der Waals surface area contributed by atoms with Crippen molar-refractivity contribution in [1.82, 2.24) is 5.32 Å². The van der Waals surface area contributed by atoms with Crippen molar-refractivity contribution < 1.29 is 9.90 Å². The second-order valence-corrected chi connectivity index (χ2v) is 4.57. The van der Waals surface area contributed by atoms with E-state index in [0.717, 1.165) is 32.2 Å². The van der Waals surface area contributed by atoms with E-state index < -0.39 is 6.10 Å². The summed E-state index contributed by atoms with van der Waals surface area (Å²) in [6.45, 7) is 0.784. The second-order valence-electron chi connectivity index (χ2n) is 4.57. The number of piperidine rings is 1. The molecule has 3 nitrogen and oxygen atoms in total. The standard InChI is InChI=1S/C11H19NO2/c13-10(8-4-1-2-5-8)9-6-3-7-12-11(9)14/h8-10,13H,1-7H2,(H,12,14). The molecule has 2 unspecified atom stereocenters. The van der Waals surface area contributed by atoms with Crippen molar-refractivity contribution in [3.63, 3.8) is 0 Å². The fourth-order valence-electron chi connectivity index (χ4n) is 2.75. The molecule has 0 radical (unpaired) electrons. The summed E-state index contributed by atoms with van der Waals surface area (Å²) in [5, 5.41) is 12.9. The molecule has 1 aliphatic heterocycles. The topological polar surface area (TPSA) is 49.3 Å². The summed E-state index contributed by atoms with van der Waals surface area (Å²) >= 11 is 0.